The van der Waals surface area contributed by atoms with Crippen LogP contribution in [0.1, 0.15) is 31.7 Å². The summed E-state index contributed by atoms with van der Waals surface area (Å²) in [7, 11) is 2.58. The highest BCUT2D eigenvalue weighted by atomic mass is 16.5. The first-order valence-corrected chi connectivity index (χ1v) is 9.64. The fourth-order valence-electron chi connectivity index (χ4n) is 4.53. The number of piperidine rings is 1. The van der Waals surface area contributed by atoms with E-state index >= 15 is 0 Å². The number of nitrogens with zero attached hydrogens (tertiary/aromatic N) is 2. The Labute approximate surface area is 169 Å². The highest BCUT2D eigenvalue weighted by Crippen LogP contribution is 2.47. The van der Waals surface area contributed by atoms with Gasteiger partial charge in [-0.25, -0.2) is 4.79 Å². The number of fused-ring (bicyclic) bond motifs is 1. The highest BCUT2D eigenvalue weighted by Gasteiger charge is 2.62. The summed E-state index contributed by atoms with van der Waals surface area (Å²) in [6.07, 6.45) is 0.118. The smallest absolute Gasteiger partial charge is 0.410 e. The molecule has 3 rings (SSSR count). The average Bonchev–Trinajstić information content (AvgIpc) is 3.02. The molecule has 0 N–H and O–H groups in total. The molecule has 3 atom stereocenters. The van der Waals surface area contributed by atoms with Crippen LogP contribution < -0.4 is 0 Å². The second kappa shape index (κ2) is 8.23. The largest absolute Gasteiger partial charge is 0.469 e. The minimum absolute atomic E-state index is 0.133. The summed E-state index contributed by atoms with van der Waals surface area (Å²) >= 11 is 0. The summed E-state index contributed by atoms with van der Waals surface area (Å²) in [5, 5.41) is 0. The lowest BCUT2D eigenvalue weighted by Crippen LogP contribution is -2.64. The van der Waals surface area contributed by atoms with Crippen LogP contribution in [0.25, 0.3) is 0 Å². The van der Waals surface area contributed by atoms with Gasteiger partial charge in [-0.1, -0.05) is 30.3 Å². The molecule has 0 bridgehead atoms. The number of amides is 3. The Kier molecular flexibility index (Phi) is 5.91. The van der Waals surface area contributed by atoms with Gasteiger partial charge in [0.05, 0.1) is 20.8 Å². The first kappa shape index (κ1) is 20.8. The molecule has 0 spiro atoms. The van der Waals surface area contributed by atoms with Crippen molar-refractivity contribution in [3.63, 3.8) is 0 Å². The minimum Gasteiger partial charge on any atom is -0.469 e. The van der Waals surface area contributed by atoms with Crippen LogP contribution in [0.2, 0.25) is 0 Å². The normalized spacial score (nSPS) is 26.3. The van der Waals surface area contributed by atoms with E-state index in [-0.39, 0.29) is 49.6 Å². The van der Waals surface area contributed by atoms with Gasteiger partial charge in [0.15, 0.2) is 0 Å². The molecule has 2 aliphatic rings. The van der Waals surface area contributed by atoms with Crippen LogP contribution in [0.3, 0.4) is 0 Å². The molecular formula is C21H26N2O6. The zero-order valence-corrected chi connectivity index (χ0v) is 16.9. The number of benzene rings is 1. The number of ether oxygens (including phenoxy) is 2. The van der Waals surface area contributed by atoms with E-state index in [4.69, 9.17) is 9.47 Å². The molecule has 1 aromatic rings. The first-order valence-electron chi connectivity index (χ1n) is 9.64. The van der Waals surface area contributed by atoms with Crippen LogP contribution in [0.4, 0.5) is 4.79 Å². The van der Waals surface area contributed by atoms with Crippen LogP contribution in [0, 0.1) is 11.8 Å². The van der Waals surface area contributed by atoms with Crippen LogP contribution in [-0.2, 0) is 30.4 Å². The molecule has 0 saturated carbocycles. The van der Waals surface area contributed by atoms with E-state index in [9.17, 15) is 19.2 Å². The zero-order chi connectivity index (χ0) is 21.2. The molecule has 2 saturated heterocycles. The van der Waals surface area contributed by atoms with Gasteiger partial charge in [0.25, 0.3) is 5.91 Å². The van der Waals surface area contributed by atoms with Crippen molar-refractivity contribution >= 4 is 23.9 Å². The Morgan fingerprint density at radius 1 is 1.14 bits per heavy atom. The topological polar surface area (TPSA) is 93.2 Å². The third-order valence-electron chi connectivity index (χ3n) is 6.17. The van der Waals surface area contributed by atoms with Crippen LogP contribution >= 0.6 is 0 Å². The summed E-state index contributed by atoms with van der Waals surface area (Å²) < 4.78 is 9.62. The zero-order valence-electron chi connectivity index (χ0n) is 16.9. The van der Waals surface area contributed by atoms with Crippen molar-refractivity contribution in [3.05, 3.63) is 35.9 Å². The number of rotatable bonds is 5. The maximum Gasteiger partial charge on any atom is 0.410 e. The van der Waals surface area contributed by atoms with E-state index in [0.717, 1.165) is 5.56 Å². The maximum atomic E-state index is 13.5. The van der Waals surface area contributed by atoms with Crippen molar-refractivity contribution in [1.82, 2.24) is 9.80 Å². The maximum absolute atomic E-state index is 13.5. The number of imide groups is 1. The number of esters is 1. The molecule has 2 fully saturated rings. The third kappa shape index (κ3) is 3.71. The second-order valence-corrected chi connectivity index (χ2v) is 7.68. The van der Waals surface area contributed by atoms with Gasteiger partial charge in [0.1, 0.15) is 5.54 Å². The Bertz CT molecular complexity index is 811. The Morgan fingerprint density at radius 3 is 2.45 bits per heavy atom. The molecule has 2 aliphatic heterocycles. The number of carbonyl (C=O) groups is 4. The van der Waals surface area contributed by atoms with Gasteiger partial charge < -0.3 is 9.47 Å². The molecule has 0 radical (unpaired) electrons. The van der Waals surface area contributed by atoms with Crippen molar-refractivity contribution in [2.24, 2.45) is 11.8 Å². The standard InChI is InChI=1S/C21H26N2O6/c1-21-16(15(9-10-18(25)28-2)13-23(21)20(27)29-3)11-17(24)22(19(21)26)12-14-7-5-4-6-8-14/h4-8,15-16H,9-13H2,1-3H3/t15-,16-,21+/m1/s1. The lowest BCUT2D eigenvalue weighted by Gasteiger charge is -2.44. The van der Waals surface area contributed by atoms with Crippen molar-refractivity contribution < 1.29 is 28.7 Å². The van der Waals surface area contributed by atoms with Gasteiger partial charge in [0.2, 0.25) is 5.91 Å². The van der Waals surface area contributed by atoms with E-state index in [1.54, 1.807) is 6.92 Å². The lowest BCUT2D eigenvalue weighted by molar-refractivity contribution is -0.160. The van der Waals surface area contributed by atoms with Gasteiger partial charge >= 0.3 is 12.1 Å². The summed E-state index contributed by atoms with van der Waals surface area (Å²) in [6, 6.07) is 9.25. The fraction of sp³-hybridized carbons (Fsp3) is 0.524. The Morgan fingerprint density at radius 2 is 1.83 bits per heavy atom. The number of likely N-dealkylation sites (tertiary alicyclic amines) is 2. The number of methoxy groups -OCH3 is 2. The van der Waals surface area contributed by atoms with Gasteiger partial charge in [-0.15, -0.1) is 0 Å². The molecule has 0 unspecified atom stereocenters. The number of hydrogen-bond donors (Lipinski definition) is 0. The van der Waals surface area contributed by atoms with Gasteiger partial charge in [0, 0.05) is 25.3 Å². The summed E-state index contributed by atoms with van der Waals surface area (Å²) in [5.41, 5.74) is -0.363. The molecule has 2 heterocycles. The van der Waals surface area contributed by atoms with Crippen molar-refractivity contribution in [2.75, 3.05) is 20.8 Å². The van der Waals surface area contributed by atoms with E-state index in [1.165, 1.54) is 24.0 Å². The van der Waals surface area contributed by atoms with Gasteiger partial charge in [-0.3, -0.25) is 24.2 Å². The van der Waals surface area contributed by atoms with Crippen LogP contribution in [0.5, 0.6) is 0 Å². The molecular weight excluding hydrogens is 376 g/mol. The molecule has 8 heteroatoms. The van der Waals surface area contributed by atoms with Crippen molar-refractivity contribution in [2.45, 2.75) is 38.3 Å². The van der Waals surface area contributed by atoms with E-state index in [2.05, 4.69) is 0 Å². The summed E-state index contributed by atoms with van der Waals surface area (Å²) in [5.74, 6) is -1.59. The SMILES string of the molecule is COC(=O)CC[C@@H]1CN(C(=O)OC)[C@]2(C)C(=O)N(Cc3ccccc3)C(=O)C[C@H]12. The quantitative estimate of drug-likeness (QED) is 0.552. The van der Waals surface area contributed by atoms with Crippen molar-refractivity contribution in [1.29, 1.82) is 0 Å². The van der Waals surface area contributed by atoms with Gasteiger partial charge in [-0.2, -0.15) is 0 Å². The molecule has 8 nitrogen and oxygen atoms in total. The van der Waals surface area contributed by atoms with E-state index in [1.807, 2.05) is 30.3 Å². The monoisotopic (exact) mass is 402 g/mol. The van der Waals surface area contributed by atoms with Crippen LogP contribution in [-0.4, -0.2) is 60.0 Å². The van der Waals surface area contributed by atoms with Gasteiger partial charge in [-0.05, 0) is 24.8 Å². The Hall–Kier alpha value is -2.90. The molecule has 156 valence electrons. The molecule has 29 heavy (non-hydrogen) atoms. The highest BCUT2D eigenvalue weighted by molar-refractivity contribution is 6.04. The van der Waals surface area contributed by atoms with E-state index in [0.29, 0.717) is 6.42 Å². The van der Waals surface area contributed by atoms with E-state index < -0.39 is 17.5 Å². The molecule has 0 aliphatic carbocycles. The lowest BCUT2D eigenvalue weighted by atomic mass is 9.73. The molecule has 1 aromatic carbocycles. The van der Waals surface area contributed by atoms with Crippen LogP contribution in [0.15, 0.2) is 30.3 Å². The summed E-state index contributed by atoms with van der Waals surface area (Å²) in [4.78, 5) is 53.0. The average molecular weight is 402 g/mol. The predicted octanol–water partition coefficient (Wildman–Crippen LogP) is 1.97. The first-order chi connectivity index (χ1) is 13.8. The number of hydrogen-bond acceptors (Lipinski definition) is 6. The fourth-order valence-corrected chi connectivity index (χ4v) is 4.53. The Balaban J connectivity index is 1.90. The summed E-state index contributed by atoms with van der Waals surface area (Å²) in [6.45, 7) is 2.10. The molecule has 0 aromatic heterocycles. The second-order valence-electron chi connectivity index (χ2n) is 7.68. The number of carbonyl (C=O) groups excluding carboxylic acids is 4. The van der Waals surface area contributed by atoms with Crippen molar-refractivity contribution in [3.8, 4) is 0 Å². The predicted molar refractivity (Wildman–Crippen MR) is 102 cm³/mol. The minimum atomic E-state index is -1.20. The molecule has 3 amide bonds. The third-order valence-corrected chi connectivity index (χ3v) is 6.17.